The van der Waals surface area contributed by atoms with Crippen molar-refractivity contribution in [2.75, 3.05) is 6.26 Å². The standard InChI is InChI=1S/C14H16BrClN2S/c1-19-14(5-2-6-14)9-18-12-4-3-10(15)7-11(12)17-13(18)8-16/h3-4,7H,2,5-6,8-9H2,1H3. The zero-order chi connectivity index (χ0) is 13.5. The first-order chi connectivity index (χ1) is 9.17. The fourth-order valence-electron chi connectivity index (χ4n) is 2.72. The smallest absolute Gasteiger partial charge is 0.124 e. The summed E-state index contributed by atoms with van der Waals surface area (Å²) < 4.78 is 3.76. The summed E-state index contributed by atoms with van der Waals surface area (Å²) in [5.41, 5.74) is 2.22. The molecule has 5 heteroatoms. The first kappa shape index (κ1) is 13.8. The molecule has 0 spiro atoms. The van der Waals surface area contributed by atoms with Gasteiger partial charge in [-0.3, -0.25) is 0 Å². The van der Waals surface area contributed by atoms with Crippen LogP contribution in [0.25, 0.3) is 11.0 Å². The molecule has 0 aliphatic heterocycles. The second-order valence-corrected chi connectivity index (χ2v) is 7.58. The SMILES string of the molecule is CSC1(Cn2c(CCl)nc3cc(Br)ccc32)CCC1. The Balaban J connectivity index is 2.05. The van der Waals surface area contributed by atoms with Crippen molar-refractivity contribution in [3.63, 3.8) is 0 Å². The molecule has 2 nitrogen and oxygen atoms in total. The first-order valence-electron chi connectivity index (χ1n) is 6.43. The van der Waals surface area contributed by atoms with Gasteiger partial charge in [0.05, 0.1) is 16.9 Å². The van der Waals surface area contributed by atoms with Gasteiger partial charge in [-0.05, 0) is 37.3 Å². The summed E-state index contributed by atoms with van der Waals surface area (Å²) in [6.07, 6.45) is 6.16. The van der Waals surface area contributed by atoms with Gasteiger partial charge in [-0.1, -0.05) is 22.4 Å². The lowest BCUT2D eigenvalue weighted by Crippen LogP contribution is -2.38. The van der Waals surface area contributed by atoms with Crippen LogP contribution in [0.15, 0.2) is 22.7 Å². The first-order valence-corrected chi connectivity index (χ1v) is 8.98. The van der Waals surface area contributed by atoms with Crippen LogP contribution in [0.2, 0.25) is 0 Å². The van der Waals surface area contributed by atoms with Gasteiger partial charge < -0.3 is 4.57 Å². The lowest BCUT2D eigenvalue weighted by Gasteiger charge is -2.41. The van der Waals surface area contributed by atoms with Crippen LogP contribution >= 0.6 is 39.3 Å². The zero-order valence-corrected chi connectivity index (χ0v) is 14.0. The highest BCUT2D eigenvalue weighted by molar-refractivity contribution is 9.10. The van der Waals surface area contributed by atoms with Crippen molar-refractivity contribution in [2.45, 2.75) is 36.4 Å². The van der Waals surface area contributed by atoms with E-state index in [0.717, 1.165) is 22.4 Å². The van der Waals surface area contributed by atoms with Crippen LogP contribution in [0.1, 0.15) is 25.1 Å². The van der Waals surface area contributed by atoms with Crippen LogP contribution in [0, 0.1) is 0 Å². The number of alkyl halides is 1. The molecule has 3 rings (SSSR count). The van der Waals surface area contributed by atoms with Crippen molar-refractivity contribution in [3.8, 4) is 0 Å². The lowest BCUT2D eigenvalue weighted by molar-refractivity contribution is 0.322. The van der Waals surface area contributed by atoms with E-state index in [9.17, 15) is 0 Å². The highest BCUT2D eigenvalue weighted by Gasteiger charge is 2.37. The molecule has 0 N–H and O–H groups in total. The van der Waals surface area contributed by atoms with Gasteiger partial charge in [0.2, 0.25) is 0 Å². The quantitative estimate of drug-likeness (QED) is 0.728. The third-order valence-corrected chi connectivity index (χ3v) is 6.19. The summed E-state index contributed by atoms with van der Waals surface area (Å²) in [6, 6.07) is 6.27. The van der Waals surface area contributed by atoms with Gasteiger partial charge in [0.25, 0.3) is 0 Å². The molecule has 1 aliphatic rings. The average Bonchev–Trinajstić information content (AvgIpc) is 2.70. The second-order valence-electron chi connectivity index (χ2n) is 5.12. The number of imidazole rings is 1. The van der Waals surface area contributed by atoms with E-state index in [1.54, 1.807) is 0 Å². The Morgan fingerprint density at radius 1 is 1.47 bits per heavy atom. The Morgan fingerprint density at radius 3 is 2.84 bits per heavy atom. The second kappa shape index (κ2) is 5.30. The van der Waals surface area contributed by atoms with Crippen LogP contribution in [0.5, 0.6) is 0 Å². The van der Waals surface area contributed by atoms with Gasteiger partial charge in [-0.2, -0.15) is 11.8 Å². The average molecular weight is 360 g/mol. The molecule has 102 valence electrons. The van der Waals surface area contributed by atoms with Crippen molar-refractivity contribution in [1.82, 2.24) is 9.55 Å². The van der Waals surface area contributed by atoms with E-state index in [1.807, 2.05) is 11.8 Å². The molecule has 1 aromatic heterocycles. The van der Waals surface area contributed by atoms with Crippen LogP contribution in [-0.2, 0) is 12.4 Å². The minimum atomic E-state index is 0.390. The van der Waals surface area contributed by atoms with Crippen LogP contribution in [0.4, 0.5) is 0 Å². The van der Waals surface area contributed by atoms with Crippen LogP contribution < -0.4 is 0 Å². The minimum Gasteiger partial charge on any atom is -0.326 e. The molecular weight excluding hydrogens is 344 g/mol. The Kier molecular flexibility index (Phi) is 3.84. The summed E-state index contributed by atoms with van der Waals surface area (Å²) in [5.74, 6) is 1.45. The van der Waals surface area contributed by atoms with Crippen molar-refractivity contribution < 1.29 is 0 Å². The number of thioether (sulfide) groups is 1. The van der Waals surface area contributed by atoms with Gasteiger partial charge in [0.15, 0.2) is 0 Å². The maximum absolute atomic E-state index is 6.07. The molecule has 19 heavy (non-hydrogen) atoms. The molecule has 0 atom stereocenters. The summed E-state index contributed by atoms with van der Waals surface area (Å²) in [6.45, 7) is 1.02. The molecule has 0 saturated heterocycles. The summed E-state index contributed by atoms with van der Waals surface area (Å²) in [4.78, 5) is 4.66. The van der Waals surface area contributed by atoms with Crippen LogP contribution in [0.3, 0.4) is 0 Å². The van der Waals surface area contributed by atoms with Crippen molar-refractivity contribution >= 4 is 50.3 Å². The number of hydrogen-bond acceptors (Lipinski definition) is 2. The molecule has 0 radical (unpaired) electrons. The maximum Gasteiger partial charge on any atom is 0.124 e. The molecule has 1 aromatic carbocycles. The van der Waals surface area contributed by atoms with Crippen molar-refractivity contribution in [3.05, 3.63) is 28.5 Å². The summed E-state index contributed by atoms with van der Waals surface area (Å²) >= 11 is 11.6. The number of benzene rings is 1. The van der Waals surface area contributed by atoms with Gasteiger partial charge in [0.1, 0.15) is 5.82 Å². The van der Waals surface area contributed by atoms with E-state index in [1.165, 1.54) is 24.8 Å². The monoisotopic (exact) mass is 358 g/mol. The highest BCUT2D eigenvalue weighted by atomic mass is 79.9. The minimum absolute atomic E-state index is 0.390. The number of fused-ring (bicyclic) bond motifs is 1. The highest BCUT2D eigenvalue weighted by Crippen LogP contribution is 2.44. The third-order valence-electron chi connectivity index (χ3n) is 4.05. The predicted molar refractivity (Wildman–Crippen MR) is 87.1 cm³/mol. The number of aromatic nitrogens is 2. The molecular formula is C14H16BrClN2S. The normalized spacial score (nSPS) is 17.6. The third kappa shape index (κ3) is 2.43. The topological polar surface area (TPSA) is 17.8 Å². The van der Waals surface area contributed by atoms with Crippen molar-refractivity contribution in [2.24, 2.45) is 0 Å². The Morgan fingerprint density at radius 2 is 2.26 bits per heavy atom. The van der Waals surface area contributed by atoms with E-state index in [2.05, 4.69) is 49.9 Å². The van der Waals surface area contributed by atoms with Gasteiger partial charge in [0, 0.05) is 15.8 Å². The maximum atomic E-state index is 6.07. The number of nitrogens with zero attached hydrogens (tertiary/aromatic N) is 2. The van der Waals surface area contributed by atoms with E-state index in [-0.39, 0.29) is 0 Å². The molecule has 1 aliphatic carbocycles. The zero-order valence-electron chi connectivity index (χ0n) is 10.8. The Bertz CT molecular complexity index is 601. The molecule has 0 bridgehead atoms. The van der Waals surface area contributed by atoms with Gasteiger partial charge >= 0.3 is 0 Å². The fraction of sp³-hybridized carbons (Fsp3) is 0.500. The summed E-state index contributed by atoms with van der Waals surface area (Å²) in [5, 5.41) is 0. The van der Waals surface area contributed by atoms with E-state index in [4.69, 9.17) is 11.6 Å². The Hall–Kier alpha value is -0.190. The van der Waals surface area contributed by atoms with E-state index < -0.39 is 0 Å². The Labute approximate surface area is 131 Å². The predicted octanol–water partition coefficient (Wildman–Crippen LogP) is 4.82. The molecule has 2 aromatic rings. The van der Waals surface area contributed by atoms with E-state index >= 15 is 0 Å². The van der Waals surface area contributed by atoms with Gasteiger partial charge in [-0.15, -0.1) is 11.6 Å². The number of rotatable bonds is 4. The number of hydrogen-bond donors (Lipinski definition) is 0. The fourth-order valence-corrected chi connectivity index (χ4v) is 4.23. The van der Waals surface area contributed by atoms with Crippen molar-refractivity contribution in [1.29, 1.82) is 0 Å². The van der Waals surface area contributed by atoms with Crippen LogP contribution in [-0.4, -0.2) is 20.6 Å². The molecule has 0 unspecified atom stereocenters. The lowest BCUT2D eigenvalue weighted by atomic mass is 9.84. The van der Waals surface area contributed by atoms with Gasteiger partial charge in [-0.25, -0.2) is 4.98 Å². The largest absolute Gasteiger partial charge is 0.326 e. The molecule has 0 amide bonds. The molecule has 1 heterocycles. The molecule has 1 saturated carbocycles. The summed E-state index contributed by atoms with van der Waals surface area (Å²) in [7, 11) is 0. The van der Waals surface area contributed by atoms with E-state index in [0.29, 0.717) is 10.6 Å². The molecule has 1 fully saturated rings. The number of halogens is 2.